The molecule has 0 spiro atoms. The van der Waals surface area contributed by atoms with Gasteiger partial charge in [0.05, 0.1) is 23.8 Å². The van der Waals surface area contributed by atoms with Gasteiger partial charge in [-0.05, 0) is 44.1 Å². The van der Waals surface area contributed by atoms with Crippen LogP contribution >= 0.6 is 23.1 Å². The van der Waals surface area contributed by atoms with E-state index in [0.29, 0.717) is 11.7 Å². The first kappa shape index (κ1) is 18.0. The van der Waals surface area contributed by atoms with Crippen molar-refractivity contribution in [1.29, 1.82) is 0 Å². The average molecular weight is 394 g/mol. The molecule has 1 aliphatic carbocycles. The van der Waals surface area contributed by atoms with Gasteiger partial charge in [-0.1, -0.05) is 11.8 Å². The van der Waals surface area contributed by atoms with Crippen LogP contribution in [0.25, 0.3) is 10.2 Å². The highest BCUT2D eigenvalue weighted by atomic mass is 32.2. The largest absolute Gasteiger partial charge is 0.376 e. The number of thioether (sulfide) groups is 1. The molecule has 1 amide bonds. The first-order valence-electron chi connectivity index (χ1n) is 9.17. The Morgan fingerprint density at radius 3 is 3.00 bits per heavy atom. The van der Waals surface area contributed by atoms with Gasteiger partial charge in [0.15, 0.2) is 5.16 Å². The SMILES string of the molecule is CNC(=O)CSc1nc2sc3c(c2c(=O)n1CC1CCCO1)CCCC3. The molecule has 0 saturated carbocycles. The predicted octanol–water partition coefficient (Wildman–Crippen LogP) is 2.35. The van der Waals surface area contributed by atoms with Crippen molar-refractivity contribution < 1.29 is 9.53 Å². The summed E-state index contributed by atoms with van der Waals surface area (Å²) in [6.45, 7) is 1.27. The molecule has 1 unspecified atom stereocenters. The number of hydrogen-bond donors (Lipinski definition) is 1. The van der Waals surface area contributed by atoms with Crippen LogP contribution in [0.4, 0.5) is 0 Å². The molecule has 1 atom stereocenters. The van der Waals surface area contributed by atoms with Gasteiger partial charge >= 0.3 is 0 Å². The van der Waals surface area contributed by atoms with E-state index in [9.17, 15) is 9.59 Å². The lowest BCUT2D eigenvalue weighted by Crippen LogP contribution is -2.29. The highest BCUT2D eigenvalue weighted by molar-refractivity contribution is 7.99. The molecule has 8 heteroatoms. The van der Waals surface area contributed by atoms with Crippen LogP contribution in [0.3, 0.4) is 0 Å². The molecule has 2 aromatic heterocycles. The van der Waals surface area contributed by atoms with Crippen molar-refractivity contribution in [2.75, 3.05) is 19.4 Å². The molecule has 4 rings (SSSR count). The molecule has 2 aliphatic rings. The van der Waals surface area contributed by atoms with Crippen LogP contribution in [-0.2, 0) is 28.9 Å². The minimum absolute atomic E-state index is 0.0318. The molecule has 140 valence electrons. The van der Waals surface area contributed by atoms with Crippen LogP contribution in [0, 0.1) is 0 Å². The molecular weight excluding hydrogens is 370 g/mol. The second-order valence-electron chi connectivity index (χ2n) is 6.80. The Morgan fingerprint density at radius 2 is 2.23 bits per heavy atom. The van der Waals surface area contributed by atoms with E-state index in [1.807, 2.05) is 0 Å². The number of thiophene rings is 1. The van der Waals surface area contributed by atoms with Crippen molar-refractivity contribution >= 4 is 39.2 Å². The molecule has 0 radical (unpaired) electrons. The summed E-state index contributed by atoms with van der Waals surface area (Å²) in [4.78, 5) is 32.0. The van der Waals surface area contributed by atoms with Gasteiger partial charge in [0.2, 0.25) is 5.91 Å². The number of fused-ring (bicyclic) bond motifs is 3. The van der Waals surface area contributed by atoms with Crippen LogP contribution in [0.1, 0.15) is 36.1 Å². The molecule has 1 fully saturated rings. The Morgan fingerprint density at radius 1 is 1.38 bits per heavy atom. The molecule has 26 heavy (non-hydrogen) atoms. The molecule has 0 bridgehead atoms. The second kappa shape index (κ2) is 7.70. The maximum absolute atomic E-state index is 13.3. The van der Waals surface area contributed by atoms with Crippen LogP contribution in [0.15, 0.2) is 9.95 Å². The Hall–Kier alpha value is -1.38. The zero-order chi connectivity index (χ0) is 18.1. The third-order valence-electron chi connectivity index (χ3n) is 5.06. The summed E-state index contributed by atoms with van der Waals surface area (Å²) in [5.74, 6) is 0.184. The number of amides is 1. The fourth-order valence-electron chi connectivity index (χ4n) is 3.69. The fraction of sp³-hybridized carbons (Fsp3) is 0.611. The quantitative estimate of drug-likeness (QED) is 0.624. The van der Waals surface area contributed by atoms with Crippen molar-refractivity contribution in [3.8, 4) is 0 Å². The van der Waals surface area contributed by atoms with Gasteiger partial charge in [-0.15, -0.1) is 11.3 Å². The van der Waals surface area contributed by atoms with Crippen LogP contribution < -0.4 is 10.9 Å². The van der Waals surface area contributed by atoms with Gasteiger partial charge in [0, 0.05) is 18.5 Å². The molecule has 3 heterocycles. The number of rotatable bonds is 5. The van der Waals surface area contributed by atoms with E-state index < -0.39 is 0 Å². The van der Waals surface area contributed by atoms with Gasteiger partial charge in [0.1, 0.15) is 4.83 Å². The lowest BCUT2D eigenvalue weighted by Gasteiger charge is -2.16. The first-order valence-corrected chi connectivity index (χ1v) is 11.0. The van der Waals surface area contributed by atoms with Crippen LogP contribution in [0.2, 0.25) is 0 Å². The average Bonchev–Trinajstić information content (AvgIpc) is 3.29. The molecule has 0 aromatic carbocycles. The monoisotopic (exact) mass is 393 g/mol. The molecular formula is C18H23N3O3S2. The summed E-state index contributed by atoms with van der Waals surface area (Å²) in [5.41, 5.74) is 1.24. The Balaban J connectivity index is 1.78. The summed E-state index contributed by atoms with van der Waals surface area (Å²) in [7, 11) is 1.62. The minimum atomic E-state index is -0.0708. The second-order valence-corrected chi connectivity index (χ2v) is 8.82. The normalized spacial score (nSPS) is 19.7. The number of nitrogens with one attached hydrogen (secondary N) is 1. The Bertz CT molecular complexity index is 884. The van der Waals surface area contributed by atoms with E-state index in [0.717, 1.165) is 48.9 Å². The van der Waals surface area contributed by atoms with Gasteiger partial charge in [-0.3, -0.25) is 14.2 Å². The molecule has 2 aromatic rings. The number of carbonyl (C=O) groups excluding carboxylic acids is 1. The standard InChI is InChI=1S/C18H23N3O3S2/c1-19-14(22)10-25-18-20-16-15(12-6-2-3-7-13(12)26-16)17(23)21(18)9-11-5-4-8-24-11/h11H,2-10H2,1H3,(H,19,22). The first-order chi connectivity index (χ1) is 12.7. The number of aromatic nitrogens is 2. The zero-order valence-corrected chi connectivity index (χ0v) is 16.5. The van der Waals surface area contributed by atoms with Crippen LogP contribution in [0.5, 0.6) is 0 Å². The Labute approximate surface area is 160 Å². The van der Waals surface area contributed by atoms with Crippen molar-refractivity contribution in [3.05, 3.63) is 20.8 Å². The van der Waals surface area contributed by atoms with Gasteiger partial charge in [-0.2, -0.15) is 0 Å². The zero-order valence-electron chi connectivity index (χ0n) is 14.9. The van der Waals surface area contributed by atoms with E-state index in [1.54, 1.807) is 23.0 Å². The van der Waals surface area contributed by atoms with Crippen molar-refractivity contribution in [3.63, 3.8) is 0 Å². The predicted molar refractivity (Wildman–Crippen MR) is 104 cm³/mol. The number of ether oxygens (including phenoxy) is 1. The maximum Gasteiger partial charge on any atom is 0.263 e. The van der Waals surface area contributed by atoms with Gasteiger partial charge in [-0.25, -0.2) is 4.98 Å². The van der Waals surface area contributed by atoms with Crippen molar-refractivity contribution in [1.82, 2.24) is 14.9 Å². The highest BCUT2D eigenvalue weighted by Gasteiger charge is 2.25. The van der Waals surface area contributed by atoms with Crippen LogP contribution in [-0.4, -0.2) is 41.0 Å². The topological polar surface area (TPSA) is 73.2 Å². The molecule has 6 nitrogen and oxygen atoms in total. The third kappa shape index (κ3) is 3.42. The number of carbonyl (C=O) groups is 1. The van der Waals surface area contributed by atoms with Crippen molar-refractivity contribution in [2.45, 2.75) is 56.3 Å². The smallest absolute Gasteiger partial charge is 0.263 e. The van der Waals surface area contributed by atoms with E-state index in [-0.39, 0.29) is 23.3 Å². The van der Waals surface area contributed by atoms with Gasteiger partial charge in [0.25, 0.3) is 5.56 Å². The van der Waals surface area contributed by atoms with E-state index >= 15 is 0 Å². The molecule has 1 saturated heterocycles. The number of aryl methyl sites for hydroxylation is 2. The minimum Gasteiger partial charge on any atom is -0.376 e. The van der Waals surface area contributed by atoms with Gasteiger partial charge < -0.3 is 10.1 Å². The summed E-state index contributed by atoms with van der Waals surface area (Å²) < 4.78 is 7.49. The Kier molecular flexibility index (Phi) is 5.33. The van der Waals surface area contributed by atoms with E-state index in [1.165, 1.54) is 28.6 Å². The molecule has 1 N–H and O–H groups in total. The third-order valence-corrected chi connectivity index (χ3v) is 7.22. The van der Waals surface area contributed by atoms with Crippen molar-refractivity contribution in [2.24, 2.45) is 0 Å². The molecule has 1 aliphatic heterocycles. The highest BCUT2D eigenvalue weighted by Crippen LogP contribution is 2.34. The lowest BCUT2D eigenvalue weighted by molar-refractivity contribution is -0.118. The lowest BCUT2D eigenvalue weighted by atomic mass is 9.97. The fourth-order valence-corrected chi connectivity index (χ4v) is 5.87. The summed E-state index contributed by atoms with van der Waals surface area (Å²) >= 11 is 2.98. The summed E-state index contributed by atoms with van der Waals surface area (Å²) in [6.07, 6.45) is 6.38. The number of nitrogens with zero attached hydrogens (tertiary/aromatic N) is 2. The number of hydrogen-bond acceptors (Lipinski definition) is 6. The summed E-state index contributed by atoms with van der Waals surface area (Å²) in [5, 5.41) is 4.05. The summed E-state index contributed by atoms with van der Waals surface area (Å²) in [6, 6.07) is 0. The van der Waals surface area contributed by atoms with E-state index in [4.69, 9.17) is 9.72 Å². The maximum atomic E-state index is 13.3. The van der Waals surface area contributed by atoms with E-state index in [2.05, 4.69) is 5.32 Å².